The van der Waals surface area contributed by atoms with Gasteiger partial charge in [-0.25, -0.2) is 4.98 Å². The molecule has 0 aromatic carbocycles. The number of carbonyl (C=O) groups excluding carboxylic acids is 2. The van der Waals surface area contributed by atoms with Crippen LogP contribution >= 0.6 is 22.7 Å². The Morgan fingerprint density at radius 3 is 2.64 bits per heavy atom. The SMILES string of the molecule is CC(C)(C)C1CCc2c(sc(NC(=O)c3sc4nc5c(cc4c3N)CCCC5)c2C(N)=O)C1. The Morgan fingerprint density at radius 1 is 1.15 bits per heavy atom. The number of rotatable bonds is 3. The van der Waals surface area contributed by atoms with Gasteiger partial charge in [0.1, 0.15) is 14.7 Å². The van der Waals surface area contributed by atoms with Gasteiger partial charge in [-0.3, -0.25) is 9.59 Å². The van der Waals surface area contributed by atoms with Gasteiger partial charge in [-0.1, -0.05) is 20.8 Å². The summed E-state index contributed by atoms with van der Waals surface area (Å²) in [6.45, 7) is 6.76. The second-order valence-corrected chi connectivity index (χ2v) is 12.4. The first-order valence-electron chi connectivity index (χ1n) is 11.6. The number of pyridine rings is 1. The number of thiophene rings is 2. The smallest absolute Gasteiger partial charge is 0.268 e. The Bertz CT molecular complexity index is 1280. The number of aryl methyl sites for hydroxylation is 2. The molecular formula is C25H30N4O2S2. The van der Waals surface area contributed by atoms with Crippen LogP contribution in [0.15, 0.2) is 6.07 Å². The monoisotopic (exact) mass is 482 g/mol. The fraction of sp³-hybridized carbons (Fsp3) is 0.480. The lowest BCUT2D eigenvalue weighted by atomic mass is 9.72. The van der Waals surface area contributed by atoms with Gasteiger partial charge < -0.3 is 16.8 Å². The molecule has 1 unspecified atom stereocenters. The quantitative estimate of drug-likeness (QED) is 0.469. The zero-order valence-corrected chi connectivity index (χ0v) is 21.0. The Morgan fingerprint density at radius 2 is 1.91 bits per heavy atom. The summed E-state index contributed by atoms with van der Waals surface area (Å²) in [5.41, 5.74) is 16.6. The molecule has 0 fully saturated rings. The van der Waals surface area contributed by atoms with Crippen molar-refractivity contribution in [1.82, 2.24) is 4.98 Å². The van der Waals surface area contributed by atoms with E-state index in [0.717, 1.165) is 71.3 Å². The van der Waals surface area contributed by atoms with Crippen LogP contribution < -0.4 is 16.8 Å². The summed E-state index contributed by atoms with van der Waals surface area (Å²) in [5, 5.41) is 4.36. The van der Waals surface area contributed by atoms with Crippen LogP contribution in [0.4, 0.5) is 10.7 Å². The molecule has 2 amide bonds. The summed E-state index contributed by atoms with van der Waals surface area (Å²) >= 11 is 2.80. The van der Waals surface area contributed by atoms with Crippen molar-refractivity contribution in [2.45, 2.75) is 65.7 Å². The number of carbonyl (C=O) groups is 2. The fourth-order valence-electron chi connectivity index (χ4n) is 5.16. The molecule has 0 saturated heterocycles. The van der Waals surface area contributed by atoms with Crippen molar-refractivity contribution in [3.05, 3.63) is 38.2 Å². The van der Waals surface area contributed by atoms with Crippen molar-refractivity contribution < 1.29 is 9.59 Å². The van der Waals surface area contributed by atoms with Crippen LogP contribution in [0.2, 0.25) is 0 Å². The van der Waals surface area contributed by atoms with Crippen molar-refractivity contribution in [3.8, 4) is 0 Å². The Hall–Kier alpha value is -2.45. The summed E-state index contributed by atoms with van der Waals surface area (Å²) < 4.78 is 0. The molecule has 3 aromatic heterocycles. The molecule has 8 heteroatoms. The standard InChI is InChI=1S/C25H30N4O2S2/c1-25(2,3)13-8-9-14-17(11-13)32-24(18(14)21(27)30)29-22(31)20-19(26)15-10-12-6-4-5-7-16(12)28-23(15)33-20/h10,13H,4-9,11,26H2,1-3H3,(H2,27,30)(H,29,31). The van der Waals surface area contributed by atoms with E-state index in [-0.39, 0.29) is 11.3 Å². The molecule has 2 aliphatic rings. The lowest BCUT2D eigenvalue weighted by molar-refractivity contribution is 0.1000. The van der Waals surface area contributed by atoms with Crippen LogP contribution in [0.1, 0.15) is 81.8 Å². The minimum absolute atomic E-state index is 0.190. The molecule has 174 valence electrons. The number of hydrogen-bond donors (Lipinski definition) is 3. The minimum Gasteiger partial charge on any atom is -0.397 e. The van der Waals surface area contributed by atoms with Gasteiger partial charge in [0.15, 0.2) is 0 Å². The Labute approximate surface area is 201 Å². The number of hydrogen-bond acceptors (Lipinski definition) is 6. The van der Waals surface area contributed by atoms with E-state index in [4.69, 9.17) is 16.5 Å². The van der Waals surface area contributed by atoms with Gasteiger partial charge in [-0.15, -0.1) is 22.7 Å². The van der Waals surface area contributed by atoms with E-state index in [1.165, 1.54) is 28.2 Å². The summed E-state index contributed by atoms with van der Waals surface area (Å²) in [7, 11) is 0. The normalized spacial score (nSPS) is 18.1. The molecule has 0 spiro atoms. The van der Waals surface area contributed by atoms with E-state index in [0.29, 0.717) is 27.0 Å². The number of anilines is 2. The van der Waals surface area contributed by atoms with Gasteiger partial charge >= 0.3 is 0 Å². The number of nitrogens with zero attached hydrogens (tertiary/aromatic N) is 1. The number of nitrogen functional groups attached to an aromatic ring is 1. The first-order valence-corrected chi connectivity index (χ1v) is 13.2. The van der Waals surface area contributed by atoms with Crippen LogP contribution in [0.5, 0.6) is 0 Å². The van der Waals surface area contributed by atoms with E-state index in [1.54, 1.807) is 0 Å². The molecule has 0 bridgehead atoms. The fourth-order valence-corrected chi connectivity index (χ4v) is 7.48. The molecule has 33 heavy (non-hydrogen) atoms. The second kappa shape index (κ2) is 8.09. The van der Waals surface area contributed by atoms with E-state index >= 15 is 0 Å². The van der Waals surface area contributed by atoms with Crippen molar-refractivity contribution in [2.24, 2.45) is 17.1 Å². The van der Waals surface area contributed by atoms with Gasteiger partial charge in [0, 0.05) is 16.0 Å². The average molecular weight is 483 g/mol. The number of aromatic nitrogens is 1. The van der Waals surface area contributed by atoms with Crippen molar-refractivity contribution >= 4 is 55.4 Å². The largest absolute Gasteiger partial charge is 0.397 e. The summed E-state index contributed by atoms with van der Waals surface area (Å²) in [6.07, 6.45) is 7.01. The maximum absolute atomic E-state index is 13.3. The average Bonchev–Trinajstić information content (AvgIpc) is 3.28. The number of nitrogens with two attached hydrogens (primary N) is 2. The number of primary amides is 1. The number of nitrogens with one attached hydrogen (secondary N) is 1. The highest BCUT2D eigenvalue weighted by Crippen LogP contribution is 2.44. The third-order valence-corrected chi connectivity index (χ3v) is 9.45. The Balaban J connectivity index is 1.48. The number of fused-ring (bicyclic) bond motifs is 3. The zero-order valence-electron chi connectivity index (χ0n) is 19.3. The van der Waals surface area contributed by atoms with Gasteiger partial charge in [0.25, 0.3) is 11.8 Å². The van der Waals surface area contributed by atoms with Crippen LogP contribution in [0.3, 0.4) is 0 Å². The molecule has 3 aromatic rings. The van der Waals surface area contributed by atoms with Crippen molar-refractivity contribution in [1.29, 1.82) is 0 Å². The summed E-state index contributed by atoms with van der Waals surface area (Å²) in [4.78, 5) is 32.8. The highest BCUT2D eigenvalue weighted by Gasteiger charge is 2.34. The zero-order chi connectivity index (χ0) is 23.5. The molecule has 0 aliphatic heterocycles. The summed E-state index contributed by atoms with van der Waals surface area (Å²) in [5.74, 6) is -0.263. The highest BCUT2D eigenvalue weighted by molar-refractivity contribution is 7.21. The lowest BCUT2D eigenvalue weighted by Crippen LogP contribution is -2.27. The van der Waals surface area contributed by atoms with Crippen molar-refractivity contribution in [2.75, 3.05) is 11.1 Å². The first kappa shape index (κ1) is 22.3. The molecule has 1 atom stereocenters. The predicted molar refractivity (Wildman–Crippen MR) is 136 cm³/mol. The van der Waals surface area contributed by atoms with Gasteiger partial charge in [-0.05, 0) is 73.5 Å². The van der Waals surface area contributed by atoms with Crippen LogP contribution in [-0.2, 0) is 25.7 Å². The molecular weight excluding hydrogens is 452 g/mol. The third-order valence-electron chi connectivity index (χ3n) is 7.17. The highest BCUT2D eigenvalue weighted by atomic mass is 32.1. The van der Waals surface area contributed by atoms with E-state index in [2.05, 4.69) is 32.2 Å². The first-order chi connectivity index (χ1) is 15.6. The minimum atomic E-state index is -0.490. The van der Waals surface area contributed by atoms with E-state index < -0.39 is 5.91 Å². The third kappa shape index (κ3) is 3.93. The Kier molecular flexibility index (Phi) is 5.48. The van der Waals surface area contributed by atoms with Gasteiger partial charge in [0.05, 0.1) is 11.3 Å². The van der Waals surface area contributed by atoms with E-state index in [1.807, 2.05) is 0 Å². The van der Waals surface area contributed by atoms with Crippen molar-refractivity contribution in [3.63, 3.8) is 0 Å². The molecule has 5 rings (SSSR count). The molecule has 2 aliphatic carbocycles. The van der Waals surface area contributed by atoms with Crippen LogP contribution in [0, 0.1) is 11.3 Å². The maximum atomic E-state index is 13.3. The molecule has 0 radical (unpaired) electrons. The summed E-state index contributed by atoms with van der Waals surface area (Å²) in [6, 6.07) is 2.10. The molecule has 6 nitrogen and oxygen atoms in total. The predicted octanol–water partition coefficient (Wildman–Crippen LogP) is 5.32. The van der Waals surface area contributed by atoms with Gasteiger partial charge in [0.2, 0.25) is 0 Å². The van der Waals surface area contributed by atoms with E-state index in [9.17, 15) is 9.59 Å². The molecule has 0 saturated carbocycles. The molecule has 5 N–H and O–H groups in total. The maximum Gasteiger partial charge on any atom is 0.268 e. The lowest BCUT2D eigenvalue weighted by Gasteiger charge is -2.33. The molecule has 3 heterocycles. The van der Waals surface area contributed by atoms with Crippen LogP contribution in [0.25, 0.3) is 10.2 Å². The second-order valence-electron chi connectivity index (χ2n) is 10.3. The topological polar surface area (TPSA) is 111 Å². The van der Waals surface area contributed by atoms with Gasteiger partial charge in [-0.2, -0.15) is 0 Å². The van der Waals surface area contributed by atoms with Crippen LogP contribution in [-0.4, -0.2) is 16.8 Å². The number of amides is 2.